The molecule has 256 valence electrons. The second kappa shape index (κ2) is 14.6. The van der Waals surface area contributed by atoms with E-state index in [0.29, 0.717) is 63.0 Å². The topological polar surface area (TPSA) is 270 Å². The number of nitrogens with zero attached hydrogens (tertiary/aromatic N) is 4. The fourth-order valence-corrected chi connectivity index (χ4v) is 7.18. The summed E-state index contributed by atoms with van der Waals surface area (Å²) in [6.45, 7) is 0. The normalized spacial score (nSPS) is 11.0. The number of rotatable bonds is 8. The highest BCUT2D eigenvalue weighted by Gasteiger charge is 2.23. The van der Waals surface area contributed by atoms with Crippen LogP contribution in [0.15, 0.2) is 36.4 Å². The molecule has 0 saturated heterocycles. The summed E-state index contributed by atoms with van der Waals surface area (Å²) in [5, 5.41) is 11.3. The minimum Gasteiger partial charge on any atom is -0.481 e. The second-order valence-electron chi connectivity index (χ2n) is 10.2. The molecule has 4 aromatic heterocycles. The van der Waals surface area contributed by atoms with Gasteiger partial charge in [-0.2, -0.15) is 0 Å². The Balaban J connectivity index is 0.000000194. The van der Waals surface area contributed by atoms with Gasteiger partial charge in [-0.1, -0.05) is 58.5 Å². The number of nitrogen functional groups attached to an aromatic ring is 2. The van der Waals surface area contributed by atoms with Gasteiger partial charge in [0, 0.05) is 11.1 Å². The van der Waals surface area contributed by atoms with Crippen molar-refractivity contribution in [2.45, 2.75) is 12.8 Å². The molecular weight excluding hydrogens is 772 g/mol. The quantitative estimate of drug-likeness (QED) is 0.114. The minimum absolute atomic E-state index is 0.0818. The van der Waals surface area contributed by atoms with Crippen LogP contribution in [0.4, 0.5) is 11.4 Å². The zero-order chi connectivity index (χ0) is 36.6. The van der Waals surface area contributed by atoms with Crippen LogP contribution in [0.3, 0.4) is 0 Å². The molecule has 11 N–H and O–H groups in total. The van der Waals surface area contributed by atoms with E-state index in [1.54, 1.807) is 36.4 Å². The summed E-state index contributed by atoms with van der Waals surface area (Å²) in [4.78, 5) is 63.7. The standard InChI is InChI=1S/C15H11Cl2N5O2S.C15H10Cl2N4O3S/c16-6-2-1-5(3-7(6)17)12-10-11(19)13(14(20)24)25-15(10)22-9(21-12)4-8(18)23;16-6-2-1-5(3-7(6)17)12-10-11(18)13(14(19)24)25-15(10)21-8(20-12)4-9(22)23/h1-3H,4,19H2,(H2,18,23)(H2,20,24);1-3H,4,18H2,(H2,19,24)(H,22,23). The maximum atomic E-state index is 11.6. The average molecular weight is 794 g/mol. The highest BCUT2D eigenvalue weighted by atomic mass is 35.5. The lowest BCUT2D eigenvalue weighted by atomic mass is 10.1. The first-order valence-corrected chi connectivity index (χ1v) is 16.9. The van der Waals surface area contributed by atoms with Crippen molar-refractivity contribution in [1.29, 1.82) is 0 Å². The van der Waals surface area contributed by atoms with Crippen molar-refractivity contribution in [1.82, 2.24) is 19.9 Å². The van der Waals surface area contributed by atoms with Crippen LogP contribution in [0.25, 0.3) is 42.9 Å². The van der Waals surface area contributed by atoms with Crippen LogP contribution < -0.4 is 28.7 Å². The van der Waals surface area contributed by atoms with Crippen molar-refractivity contribution in [2.75, 3.05) is 11.5 Å². The van der Waals surface area contributed by atoms with Gasteiger partial charge < -0.3 is 33.8 Å². The van der Waals surface area contributed by atoms with Crippen LogP contribution in [0.1, 0.15) is 31.0 Å². The number of aliphatic carboxylic acids is 1. The lowest BCUT2D eigenvalue weighted by Crippen LogP contribution is -2.16. The predicted molar refractivity (Wildman–Crippen MR) is 196 cm³/mol. The molecule has 0 fully saturated rings. The molecule has 20 heteroatoms. The maximum absolute atomic E-state index is 11.6. The van der Waals surface area contributed by atoms with Crippen LogP contribution in [-0.4, -0.2) is 48.7 Å². The first kappa shape index (κ1) is 36.4. The van der Waals surface area contributed by atoms with Gasteiger partial charge in [0.25, 0.3) is 11.8 Å². The summed E-state index contributed by atoms with van der Waals surface area (Å²) in [6, 6.07) is 9.75. The number of hydrogen-bond donors (Lipinski definition) is 6. The number of halogens is 4. The smallest absolute Gasteiger partial charge is 0.311 e. The van der Waals surface area contributed by atoms with E-state index in [9.17, 15) is 19.2 Å². The molecule has 6 rings (SSSR count). The molecular formula is C30H21Cl4N9O5S2. The number of hydrogen-bond acceptors (Lipinski definition) is 12. The number of carbonyl (C=O) groups excluding carboxylic acids is 3. The summed E-state index contributed by atoms with van der Waals surface area (Å²) in [6.07, 6.45) is -0.540. The zero-order valence-electron chi connectivity index (χ0n) is 25.0. The van der Waals surface area contributed by atoms with Crippen LogP contribution in [0.2, 0.25) is 20.1 Å². The third kappa shape index (κ3) is 7.50. The molecule has 0 radical (unpaired) electrons. The monoisotopic (exact) mass is 791 g/mol. The highest BCUT2D eigenvalue weighted by Crippen LogP contribution is 2.41. The Morgan fingerprint density at radius 2 is 1.02 bits per heavy atom. The van der Waals surface area contributed by atoms with E-state index in [-0.39, 0.29) is 45.6 Å². The van der Waals surface area contributed by atoms with Gasteiger partial charge in [0.05, 0.1) is 60.0 Å². The van der Waals surface area contributed by atoms with E-state index >= 15 is 0 Å². The number of carboxylic acid groups (broad SMARTS) is 1. The maximum Gasteiger partial charge on any atom is 0.311 e. The second-order valence-corrected chi connectivity index (χ2v) is 13.9. The van der Waals surface area contributed by atoms with Crippen molar-refractivity contribution in [3.8, 4) is 22.5 Å². The number of amides is 3. The molecule has 6 aromatic rings. The number of anilines is 2. The number of primary amides is 3. The number of fused-ring (bicyclic) bond motifs is 2. The molecule has 0 spiro atoms. The van der Waals surface area contributed by atoms with Crippen molar-refractivity contribution in [3.05, 3.63) is 77.9 Å². The number of carbonyl (C=O) groups is 4. The molecule has 2 aromatic carbocycles. The summed E-state index contributed by atoms with van der Waals surface area (Å²) < 4.78 is 0. The molecule has 0 bridgehead atoms. The minimum atomic E-state index is -1.08. The summed E-state index contributed by atoms with van der Waals surface area (Å²) in [5.74, 6) is -2.74. The summed E-state index contributed by atoms with van der Waals surface area (Å²) >= 11 is 26.0. The van der Waals surface area contributed by atoms with E-state index in [1.165, 1.54) is 0 Å². The third-order valence-electron chi connectivity index (χ3n) is 6.75. The van der Waals surface area contributed by atoms with Crippen molar-refractivity contribution in [3.63, 3.8) is 0 Å². The van der Waals surface area contributed by atoms with Crippen LogP contribution in [0.5, 0.6) is 0 Å². The SMILES string of the molecule is NC(=O)Cc1nc(-c2ccc(Cl)c(Cl)c2)c2c(N)c(C(N)=O)sc2n1.NC(=O)c1sc2nc(CC(=O)O)nc(-c3ccc(Cl)c(Cl)c3)c2c1N. The lowest BCUT2D eigenvalue weighted by molar-refractivity contribution is -0.136. The Hall–Kier alpha value is -4.84. The summed E-state index contributed by atoms with van der Waals surface area (Å²) in [7, 11) is 0. The van der Waals surface area contributed by atoms with Gasteiger partial charge in [0.2, 0.25) is 5.91 Å². The van der Waals surface area contributed by atoms with Gasteiger partial charge in [0.15, 0.2) is 0 Å². The molecule has 14 nitrogen and oxygen atoms in total. The van der Waals surface area contributed by atoms with Crippen molar-refractivity contribution >= 4 is 125 Å². The Kier molecular flexibility index (Phi) is 10.6. The average Bonchev–Trinajstić information content (AvgIpc) is 3.55. The first-order chi connectivity index (χ1) is 23.5. The molecule has 0 unspecified atom stereocenters. The molecule has 3 amide bonds. The third-order valence-corrected chi connectivity index (χ3v) is 10.5. The summed E-state index contributed by atoms with van der Waals surface area (Å²) in [5.41, 5.74) is 30.3. The van der Waals surface area contributed by atoms with Crippen LogP contribution >= 0.6 is 69.1 Å². The Morgan fingerprint density at radius 1 is 0.620 bits per heavy atom. The molecule has 0 aliphatic rings. The highest BCUT2D eigenvalue weighted by molar-refractivity contribution is 7.21. The van der Waals surface area contributed by atoms with E-state index in [0.717, 1.165) is 22.7 Å². The molecule has 0 aliphatic carbocycles. The van der Waals surface area contributed by atoms with Crippen LogP contribution in [0, 0.1) is 0 Å². The largest absolute Gasteiger partial charge is 0.481 e. The number of aromatic nitrogens is 4. The number of carboxylic acids is 1. The number of thiophene rings is 2. The Morgan fingerprint density at radius 3 is 1.36 bits per heavy atom. The number of nitrogens with two attached hydrogens (primary N) is 5. The Bertz CT molecular complexity index is 2240. The van der Waals surface area contributed by atoms with E-state index in [1.807, 2.05) is 0 Å². The molecule has 50 heavy (non-hydrogen) atoms. The predicted octanol–water partition coefficient (Wildman–Crippen LogP) is 5.35. The van der Waals surface area contributed by atoms with E-state index < -0.39 is 23.7 Å². The van der Waals surface area contributed by atoms with Gasteiger partial charge in [0.1, 0.15) is 37.5 Å². The fourth-order valence-electron chi connectivity index (χ4n) is 4.65. The van der Waals surface area contributed by atoms with Crippen molar-refractivity contribution in [2.24, 2.45) is 17.2 Å². The first-order valence-electron chi connectivity index (χ1n) is 13.7. The lowest BCUT2D eigenvalue weighted by Gasteiger charge is -2.08. The van der Waals surface area contributed by atoms with E-state index in [4.69, 9.17) is 80.2 Å². The van der Waals surface area contributed by atoms with Crippen molar-refractivity contribution < 1.29 is 24.3 Å². The zero-order valence-corrected chi connectivity index (χ0v) is 29.6. The number of benzene rings is 2. The van der Waals surface area contributed by atoms with Gasteiger partial charge in [-0.25, -0.2) is 19.9 Å². The fraction of sp³-hybridized carbons (Fsp3) is 0.0667. The van der Waals surface area contributed by atoms with Crippen LogP contribution in [-0.2, 0) is 22.4 Å². The van der Waals surface area contributed by atoms with Gasteiger partial charge in [-0.15, -0.1) is 22.7 Å². The van der Waals surface area contributed by atoms with Gasteiger partial charge in [-0.3, -0.25) is 19.2 Å². The van der Waals surface area contributed by atoms with Gasteiger partial charge >= 0.3 is 5.97 Å². The van der Waals surface area contributed by atoms with Gasteiger partial charge in [-0.05, 0) is 24.3 Å². The molecule has 0 saturated carbocycles. The molecule has 0 aliphatic heterocycles. The Labute approximate surface area is 309 Å². The van der Waals surface area contributed by atoms with E-state index in [2.05, 4.69) is 19.9 Å². The molecule has 4 heterocycles. The molecule has 0 atom stereocenters.